The molecule has 0 bridgehead atoms. The van der Waals surface area contributed by atoms with E-state index in [1.165, 1.54) is 12.4 Å². The summed E-state index contributed by atoms with van der Waals surface area (Å²) in [5, 5.41) is 8.19. The van der Waals surface area contributed by atoms with E-state index >= 15 is 0 Å². The average Bonchev–Trinajstić information content (AvgIpc) is 2.89. The summed E-state index contributed by atoms with van der Waals surface area (Å²) in [5.74, 6) is -0.0973. The van der Waals surface area contributed by atoms with Crippen LogP contribution in [0.4, 0.5) is 0 Å². The molecule has 0 aromatic carbocycles. The van der Waals surface area contributed by atoms with Gasteiger partial charge in [0, 0.05) is 39.0 Å². The highest BCUT2D eigenvalue weighted by atomic mass is 16.5. The van der Waals surface area contributed by atoms with Crippen molar-refractivity contribution in [3.8, 4) is 0 Å². The third-order valence-corrected chi connectivity index (χ3v) is 3.55. The van der Waals surface area contributed by atoms with Crippen LogP contribution in [0, 0.1) is 0 Å². The number of hydrogen-bond acceptors (Lipinski definition) is 6. The molecular formula is C13H16N6O2. The first-order chi connectivity index (χ1) is 10.2. The number of ether oxygens (including phenoxy) is 1. The molecule has 110 valence electrons. The zero-order valence-corrected chi connectivity index (χ0v) is 11.9. The molecule has 1 amide bonds. The van der Waals surface area contributed by atoms with E-state index in [2.05, 4.69) is 20.3 Å². The van der Waals surface area contributed by atoms with Crippen LogP contribution in [0.3, 0.4) is 0 Å². The SMILES string of the molecule is COC[C@@H]1CN(C(=O)c2cnccn2)Cc2nnn(C)c21. The molecule has 0 saturated carbocycles. The minimum atomic E-state index is -0.152. The maximum Gasteiger partial charge on any atom is 0.274 e. The van der Waals surface area contributed by atoms with Gasteiger partial charge in [0.25, 0.3) is 5.91 Å². The van der Waals surface area contributed by atoms with Crippen molar-refractivity contribution in [2.75, 3.05) is 20.3 Å². The summed E-state index contributed by atoms with van der Waals surface area (Å²) in [6, 6.07) is 0. The molecule has 3 rings (SSSR count). The van der Waals surface area contributed by atoms with Gasteiger partial charge in [-0.05, 0) is 0 Å². The molecule has 0 spiro atoms. The van der Waals surface area contributed by atoms with E-state index in [1.54, 1.807) is 22.9 Å². The van der Waals surface area contributed by atoms with Gasteiger partial charge in [-0.15, -0.1) is 5.10 Å². The summed E-state index contributed by atoms with van der Waals surface area (Å²) in [4.78, 5) is 22.2. The van der Waals surface area contributed by atoms with Gasteiger partial charge in [0.05, 0.1) is 25.0 Å². The van der Waals surface area contributed by atoms with Crippen molar-refractivity contribution in [2.45, 2.75) is 12.5 Å². The van der Waals surface area contributed by atoms with Crippen LogP contribution in [0.5, 0.6) is 0 Å². The normalized spacial score (nSPS) is 17.6. The second kappa shape index (κ2) is 5.57. The van der Waals surface area contributed by atoms with Crippen LogP contribution in [0.2, 0.25) is 0 Å². The summed E-state index contributed by atoms with van der Waals surface area (Å²) in [6.45, 7) is 1.49. The molecule has 0 saturated heterocycles. The van der Waals surface area contributed by atoms with Gasteiger partial charge in [0.15, 0.2) is 0 Å². The highest BCUT2D eigenvalue weighted by Crippen LogP contribution is 2.27. The predicted molar refractivity (Wildman–Crippen MR) is 72.4 cm³/mol. The standard InChI is InChI=1S/C13H16N6O2/c1-18-12-9(8-21-2)6-19(7-11(12)16-17-18)13(20)10-5-14-3-4-15-10/h3-5,9H,6-8H2,1-2H3/t9-/m0/s1. The number of fused-ring (bicyclic) bond motifs is 1. The molecule has 2 aromatic heterocycles. The van der Waals surface area contributed by atoms with Gasteiger partial charge in [0.1, 0.15) is 11.4 Å². The number of carbonyl (C=O) groups excluding carboxylic acids is 1. The van der Waals surface area contributed by atoms with Crippen LogP contribution < -0.4 is 0 Å². The van der Waals surface area contributed by atoms with E-state index in [-0.39, 0.29) is 11.8 Å². The minimum absolute atomic E-state index is 0.0550. The number of carbonyl (C=O) groups is 1. The van der Waals surface area contributed by atoms with Gasteiger partial charge in [-0.1, -0.05) is 5.21 Å². The quantitative estimate of drug-likeness (QED) is 0.789. The van der Waals surface area contributed by atoms with E-state index in [4.69, 9.17) is 4.74 Å². The number of nitrogens with zero attached hydrogens (tertiary/aromatic N) is 6. The lowest BCUT2D eigenvalue weighted by Gasteiger charge is -2.31. The van der Waals surface area contributed by atoms with Crippen molar-refractivity contribution >= 4 is 5.91 Å². The van der Waals surface area contributed by atoms with Crippen molar-refractivity contribution in [2.24, 2.45) is 7.05 Å². The largest absolute Gasteiger partial charge is 0.384 e. The second-order valence-corrected chi connectivity index (χ2v) is 4.97. The van der Waals surface area contributed by atoms with Crippen molar-refractivity contribution in [1.82, 2.24) is 29.9 Å². The van der Waals surface area contributed by atoms with Crippen molar-refractivity contribution in [1.29, 1.82) is 0 Å². The highest BCUT2D eigenvalue weighted by Gasteiger charge is 2.33. The first-order valence-corrected chi connectivity index (χ1v) is 6.63. The van der Waals surface area contributed by atoms with Crippen molar-refractivity contribution in [3.05, 3.63) is 35.7 Å². The molecule has 1 atom stereocenters. The second-order valence-electron chi connectivity index (χ2n) is 4.97. The van der Waals surface area contributed by atoms with Crippen LogP contribution in [-0.2, 0) is 18.3 Å². The van der Waals surface area contributed by atoms with Crippen LogP contribution in [-0.4, -0.2) is 56.0 Å². The Bertz CT molecular complexity index is 641. The molecule has 21 heavy (non-hydrogen) atoms. The van der Waals surface area contributed by atoms with Gasteiger partial charge in [-0.2, -0.15) is 0 Å². The van der Waals surface area contributed by atoms with Gasteiger partial charge < -0.3 is 9.64 Å². The van der Waals surface area contributed by atoms with E-state index in [0.29, 0.717) is 25.4 Å². The van der Waals surface area contributed by atoms with Crippen molar-refractivity contribution in [3.63, 3.8) is 0 Å². The minimum Gasteiger partial charge on any atom is -0.384 e. The lowest BCUT2D eigenvalue weighted by atomic mass is 9.98. The number of hydrogen-bond donors (Lipinski definition) is 0. The third-order valence-electron chi connectivity index (χ3n) is 3.55. The fraction of sp³-hybridized carbons (Fsp3) is 0.462. The van der Waals surface area contributed by atoms with Gasteiger partial charge >= 0.3 is 0 Å². The molecule has 1 aliphatic heterocycles. The number of methoxy groups -OCH3 is 1. The topological polar surface area (TPSA) is 86.0 Å². The van der Waals surface area contributed by atoms with Gasteiger partial charge in [-0.25, -0.2) is 4.98 Å². The van der Waals surface area contributed by atoms with Crippen LogP contribution >= 0.6 is 0 Å². The van der Waals surface area contributed by atoms with Crippen LogP contribution in [0.25, 0.3) is 0 Å². The monoisotopic (exact) mass is 288 g/mol. The molecule has 2 aromatic rings. The summed E-state index contributed by atoms with van der Waals surface area (Å²) < 4.78 is 7.01. The Labute approximate surface area is 121 Å². The molecule has 0 aliphatic carbocycles. The van der Waals surface area contributed by atoms with Crippen LogP contribution in [0.1, 0.15) is 27.8 Å². The Morgan fingerprint density at radius 2 is 2.33 bits per heavy atom. The molecule has 8 heteroatoms. The summed E-state index contributed by atoms with van der Waals surface area (Å²) >= 11 is 0. The Morgan fingerprint density at radius 1 is 1.48 bits per heavy atom. The van der Waals surface area contributed by atoms with E-state index < -0.39 is 0 Å². The Hall–Kier alpha value is -2.35. The van der Waals surface area contributed by atoms with Crippen molar-refractivity contribution < 1.29 is 9.53 Å². The lowest BCUT2D eigenvalue weighted by molar-refractivity contribution is 0.0667. The number of aryl methyl sites for hydroxylation is 1. The maximum absolute atomic E-state index is 12.5. The molecule has 0 radical (unpaired) electrons. The Morgan fingerprint density at radius 3 is 3.05 bits per heavy atom. The summed E-state index contributed by atoms with van der Waals surface area (Å²) in [6.07, 6.45) is 4.53. The Kier molecular flexibility index (Phi) is 3.61. The summed E-state index contributed by atoms with van der Waals surface area (Å²) in [5.41, 5.74) is 2.17. The van der Waals surface area contributed by atoms with E-state index in [0.717, 1.165) is 11.4 Å². The molecule has 1 aliphatic rings. The summed E-state index contributed by atoms with van der Waals surface area (Å²) in [7, 11) is 3.50. The third kappa shape index (κ3) is 2.49. The first-order valence-electron chi connectivity index (χ1n) is 6.63. The Balaban J connectivity index is 1.88. The molecule has 0 fully saturated rings. The number of aromatic nitrogens is 5. The first kappa shape index (κ1) is 13.6. The molecular weight excluding hydrogens is 272 g/mol. The fourth-order valence-electron chi connectivity index (χ4n) is 2.68. The smallest absolute Gasteiger partial charge is 0.274 e. The molecule has 0 N–H and O–H groups in total. The average molecular weight is 288 g/mol. The number of rotatable bonds is 3. The predicted octanol–water partition coefficient (Wildman–Crippen LogP) is -0.00890. The van der Waals surface area contributed by atoms with E-state index in [1.807, 2.05) is 7.05 Å². The highest BCUT2D eigenvalue weighted by molar-refractivity contribution is 5.92. The molecule has 0 unspecified atom stereocenters. The van der Waals surface area contributed by atoms with Gasteiger partial charge in [-0.3, -0.25) is 14.5 Å². The van der Waals surface area contributed by atoms with E-state index in [9.17, 15) is 4.79 Å². The molecule has 8 nitrogen and oxygen atoms in total. The maximum atomic E-state index is 12.5. The number of amides is 1. The van der Waals surface area contributed by atoms with Crippen LogP contribution in [0.15, 0.2) is 18.6 Å². The molecule has 3 heterocycles. The zero-order valence-electron chi connectivity index (χ0n) is 11.9. The van der Waals surface area contributed by atoms with Gasteiger partial charge in [0.2, 0.25) is 0 Å². The fourth-order valence-corrected chi connectivity index (χ4v) is 2.68. The zero-order chi connectivity index (χ0) is 14.8. The lowest BCUT2D eigenvalue weighted by Crippen LogP contribution is -2.40.